The lowest BCUT2D eigenvalue weighted by atomic mass is 10.0. The molecule has 0 aliphatic rings. The van der Waals surface area contributed by atoms with E-state index in [1.165, 1.54) is 6.33 Å². The maximum atomic E-state index is 11.6. The van der Waals surface area contributed by atoms with Gasteiger partial charge in [0.25, 0.3) is 0 Å². The summed E-state index contributed by atoms with van der Waals surface area (Å²) in [6.07, 6.45) is 3.31. The molecule has 0 saturated heterocycles. The van der Waals surface area contributed by atoms with Crippen LogP contribution in [0.15, 0.2) is 12.5 Å². The van der Waals surface area contributed by atoms with Crippen molar-refractivity contribution in [2.24, 2.45) is 11.5 Å². The molecule has 1 aromatic heterocycles. The fourth-order valence-corrected chi connectivity index (χ4v) is 1.18. The van der Waals surface area contributed by atoms with Crippen LogP contribution >= 0.6 is 0 Å². The number of rotatable bonds is 5. The Kier molecular flexibility index (Phi) is 3.84. The first-order valence-electron chi connectivity index (χ1n) is 5.17. The number of aromatic amines is 1. The molecule has 1 heterocycles. The predicted octanol–water partition coefficient (Wildman–Crippen LogP) is -1.34. The standard InChI is InChI=1S/C10H17N5O2/c1-10(2,12)9(17)15-7(8(11)16)3-6-4-13-5-14-6/h4-5,7H,3,12H2,1-2H3,(H2,11,16)(H,13,14)(H,15,17)/t7-/m0/s1. The Morgan fingerprint density at radius 3 is 2.65 bits per heavy atom. The normalized spacial score (nSPS) is 13.1. The van der Waals surface area contributed by atoms with E-state index in [4.69, 9.17) is 11.5 Å². The maximum absolute atomic E-state index is 11.6. The van der Waals surface area contributed by atoms with E-state index in [1.54, 1.807) is 20.0 Å². The van der Waals surface area contributed by atoms with Crippen LogP contribution in [-0.4, -0.2) is 33.4 Å². The van der Waals surface area contributed by atoms with Crippen LogP contribution in [-0.2, 0) is 16.0 Å². The molecule has 0 bridgehead atoms. The zero-order valence-corrected chi connectivity index (χ0v) is 9.86. The molecule has 7 nitrogen and oxygen atoms in total. The van der Waals surface area contributed by atoms with Gasteiger partial charge >= 0.3 is 0 Å². The van der Waals surface area contributed by atoms with Crippen molar-refractivity contribution in [3.63, 3.8) is 0 Å². The van der Waals surface area contributed by atoms with Crippen molar-refractivity contribution in [3.05, 3.63) is 18.2 Å². The van der Waals surface area contributed by atoms with Crippen molar-refractivity contribution < 1.29 is 9.59 Å². The molecule has 94 valence electrons. The molecule has 0 unspecified atom stereocenters. The summed E-state index contributed by atoms with van der Waals surface area (Å²) in [5, 5.41) is 2.51. The van der Waals surface area contributed by atoms with Gasteiger partial charge in [0.1, 0.15) is 6.04 Å². The molecule has 6 N–H and O–H groups in total. The smallest absolute Gasteiger partial charge is 0.240 e. The first kappa shape index (κ1) is 13.2. The van der Waals surface area contributed by atoms with Crippen molar-refractivity contribution in [1.82, 2.24) is 15.3 Å². The first-order chi connectivity index (χ1) is 7.80. The van der Waals surface area contributed by atoms with Gasteiger partial charge in [-0.25, -0.2) is 4.98 Å². The van der Waals surface area contributed by atoms with Gasteiger partial charge in [0.15, 0.2) is 0 Å². The minimum atomic E-state index is -1.05. The van der Waals surface area contributed by atoms with Gasteiger partial charge < -0.3 is 21.8 Å². The fraction of sp³-hybridized carbons (Fsp3) is 0.500. The number of hydrogen-bond acceptors (Lipinski definition) is 4. The molecule has 0 radical (unpaired) electrons. The van der Waals surface area contributed by atoms with E-state index in [0.29, 0.717) is 5.69 Å². The topological polar surface area (TPSA) is 127 Å². The van der Waals surface area contributed by atoms with E-state index in [0.717, 1.165) is 0 Å². The van der Waals surface area contributed by atoms with E-state index < -0.39 is 23.4 Å². The largest absolute Gasteiger partial charge is 0.368 e. The lowest BCUT2D eigenvalue weighted by molar-refractivity contribution is -0.130. The monoisotopic (exact) mass is 239 g/mol. The highest BCUT2D eigenvalue weighted by molar-refractivity contribution is 5.90. The van der Waals surface area contributed by atoms with Crippen LogP contribution in [0.2, 0.25) is 0 Å². The molecule has 1 atom stereocenters. The van der Waals surface area contributed by atoms with Gasteiger partial charge in [0.05, 0.1) is 11.9 Å². The van der Waals surface area contributed by atoms with Gasteiger partial charge in [0, 0.05) is 18.3 Å². The number of carbonyl (C=O) groups excluding carboxylic acids is 2. The summed E-state index contributed by atoms with van der Waals surface area (Å²) in [4.78, 5) is 29.5. The second-order valence-corrected chi connectivity index (χ2v) is 4.43. The summed E-state index contributed by atoms with van der Waals surface area (Å²) >= 11 is 0. The van der Waals surface area contributed by atoms with Gasteiger partial charge in [-0.15, -0.1) is 0 Å². The summed E-state index contributed by atoms with van der Waals surface area (Å²) < 4.78 is 0. The highest BCUT2D eigenvalue weighted by atomic mass is 16.2. The van der Waals surface area contributed by atoms with Crippen LogP contribution in [0.1, 0.15) is 19.5 Å². The van der Waals surface area contributed by atoms with Gasteiger partial charge in [-0.2, -0.15) is 0 Å². The Bertz CT molecular complexity index is 393. The lowest BCUT2D eigenvalue weighted by Gasteiger charge is -2.22. The Morgan fingerprint density at radius 2 is 2.24 bits per heavy atom. The molecule has 1 aromatic rings. The number of aromatic nitrogens is 2. The number of nitrogens with zero attached hydrogens (tertiary/aromatic N) is 1. The number of primary amides is 1. The number of H-pyrrole nitrogens is 1. The molecule has 2 amide bonds. The van der Waals surface area contributed by atoms with Crippen molar-refractivity contribution >= 4 is 11.8 Å². The molecule has 1 rings (SSSR count). The summed E-state index contributed by atoms with van der Waals surface area (Å²) in [5.41, 5.74) is 10.5. The SMILES string of the molecule is CC(C)(N)C(=O)N[C@@H](Cc1cnc[nH]1)C(N)=O. The summed E-state index contributed by atoms with van der Waals surface area (Å²) in [6.45, 7) is 3.10. The van der Waals surface area contributed by atoms with Crippen molar-refractivity contribution in [2.75, 3.05) is 0 Å². The van der Waals surface area contributed by atoms with Gasteiger partial charge in [0.2, 0.25) is 11.8 Å². The van der Waals surface area contributed by atoms with Crippen LogP contribution < -0.4 is 16.8 Å². The number of imidazole rings is 1. The summed E-state index contributed by atoms with van der Waals surface area (Å²) in [7, 11) is 0. The van der Waals surface area contributed by atoms with E-state index in [1.807, 2.05) is 0 Å². The average Bonchev–Trinajstić information content (AvgIpc) is 2.67. The number of carbonyl (C=O) groups is 2. The molecule has 0 spiro atoms. The predicted molar refractivity (Wildman–Crippen MR) is 61.7 cm³/mol. The van der Waals surface area contributed by atoms with Crippen LogP contribution in [0.4, 0.5) is 0 Å². The molecule has 17 heavy (non-hydrogen) atoms. The molecule has 0 saturated carbocycles. The quantitative estimate of drug-likeness (QED) is 0.507. The second kappa shape index (κ2) is 4.96. The highest BCUT2D eigenvalue weighted by Gasteiger charge is 2.27. The van der Waals surface area contributed by atoms with Gasteiger partial charge in [-0.1, -0.05) is 0 Å². The number of nitrogens with one attached hydrogen (secondary N) is 2. The minimum Gasteiger partial charge on any atom is -0.368 e. The van der Waals surface area contributed by atoms with Gasteiger partial charge in [-0.3, -0.25) is 9.59 Å². The molecular weight excluding hydrogens is 222 g/mol. The van der Waals surface area contributed by atoms with Crippen LogP contribution in [0.3, 0.4) is 0 Å². The molecule has 0 fully saturated rings. The third-order valence-corrected chi connectivity index (χ3v) is 2.21. The molecule has 7 heteroatoms. The Morgan fingerprint density at radius 1 is 1.59 bits per heavy atom. The minimum absolute atomic E-state index is 0.261. The average molecular weight is 239 g/mol. The third kappa shape index (κ3) is 3.87. The summed E-state index contributed by atoms with van der Waals surface area (Å²) in [5.74, 6) is -1.04. The first-order valence-corrected chi connectivity index (χ1v) is 5.17. The van der Waals surface area contributed by atoms with E-state index in [9.17, 15) is 9.59 Å². The van der Waals surface area contributed by atoms with Crippen molar-refractivity contribution in [2.45, 2.75) is 31.8 Å². The van der Waals surface area contributed by atoms with Crippen molar-refractivity contribution in [3.8, 4) is 0 Å². The number of nitrogens with two attached hydrogens (primary N) is 2. The van der Waals surface area contributed by atoms with E-state index >= 15 is 0 Å². The second-order valence-electron chi connectivity index (χ2n) is 4.43. The zero-order valence-electron chi connectivity index (χ0n) is 9.86. The van der Waals surface area contributed by atoms with Crippen LogP contribution in [0, 0.1) is 0 Å². The van der Waals surface area contributed by atoms with E-state index in [-0.39, 0.29) is 6.42 Å². The molecule has 0 aliphatic heterocycles. The highest BCUT2D eigenvalue weighted by Crippen LogP contribution is 2.01. The Labute approximate surface area is 99.0 Å². The summed E-state index contributed by atoms with van der Waals surface area (Å²) in [6, 6.07) is -0.800. The lowest BCUT2D eigenvalue weighted by Crippen LogP contribution is -2.55. The molecular formula is C10H17N5O2. The molecule has 0 aromatic carbocycles. The third-order valence-electron chi connectivity index (χ3n) is 2.21. The van der Waals surface area contributed by atoms with Crippen molar-refractivity contribution in [1.29, 1.82) is 0 Å². The van der Waals surface area contributed by atoms with Crippen LogP contribution in [0.25, 0.3) is 0 Å². The molecule has 0 aliphatic carbocycles. The van der Waals surface area contributed by atoms with Crippen LogP contribution in [0.5, 0.6) is 0 Å². The number of hydrogen-bond donors (Lipinski definition) is 4. The van der Waals surface area contributed by atoms with Gasteiger partial charge in [-0.05, 0) is 13.8 Å². The maximum Gasteiger partial charge on any atom is 0.240 e. The van der Waals surface area contributed by atoms with E-state index in [2.05, 4.69) is 15.3 Å². The Hall–Kier alpha value is -1.89. The zero-order chi connectivity index (χ0) is 13.1. The number of amides is 2. The fourth-order valence-electron chi connectivity index (χ4n) is 1.18. The Balaban J connectivity index is 2.68.